The minimum absolute atomic E-state index is 0.299. The summed E-state index contributed by atoms with van der Waals surface area (Å²) in [6.45, 7) is 12.0. The lowest BCUT2D eigenvalue weighted by molar-refractivity contribution is 0.140. The van der Waals surface area contributed by atoms with Crippen LogP contribution in [0.25, 0.3) is 0 Å². The molecule has 0 spiro atoms. The van der Waals surface area contributed by atoms with E-state index in [1.165, 1.54) is 18.4 Å². The van der Waals surface area contributed by atoms with Gasteiger partial charge in [0, 0.05) is 6.54 Å². The summed E-state index contributed by atoms with van der Waals surface area (Å²) in [5, 5.41) is 3.10. The number of hydrogen-bond donors (Lipinski definition) is 1. The fourth-order valence-corrected chi connectivity index (χ4v) is 3.26. The van der Waals surface area contributed by atoms with Gasteiger partial charge in [-0.15, -0.1) is 0 Å². The van der Waals surface area contributed by atoms with Crippen LogP contribution in [0.15, 0.2) is 18.2 Å². The van der Waals surface area contributed by atoms with Crippen molar-refractivity contribution in [3.63, 3.8) is 0 Å². The summed E-state index contributed by atoms with van der Waals surface area (Å²) in [6.07, 6.45) is 3.56. The monoisotopic (exact) mass is 289 g/mol. The van der Waals surface area contributed by atoms with Gasteiger partial charge in [0.05, 0.1) is 13.2 Å². The standard InChI is InChI=1S/C19H31NO/c1-18(2)9-10-19(3,4)17-14-15(6-7-16(17)18)8-12-21-13-11-20-5/h6-7,14,20H,8-13H2,1-5H3. The Hall–Kier alpha value is -0.860. The van der Waals surface area contributed by atoms with Crippen LogP contribution in [-0.2, 0) is 22.0 Å². The van der Waals surface area contributed by atoms with E-state index in [2.05, 4.69) is 51.2 Å². The molecule has 1 aliphatic rings. The van der Waals surface area contributed by atoms with Gasteiger partial charge in [0.1, 0.15) is 0 Å². The van der Waals surface area contributed by atoms with Gasteiger partial charge in [-0.25, -0.2) is 0 Å². The molecule has 1 N–H and O–H groups in total. The second-order valence-corrected chi connectivity index (χ2v) is 7.61. The van der Waals surface area contributed by atoms with Gasteiger partial charge >= 0.3 is 0 Å². The predicted molar refractivity (Wildman–Crippen MR) is 90.2 cm³/mol. The molecule has 1 aromatic rings. The predicted octanol–water partition coefficient (Wildman–Crippen LogP) is 3.81. The van der Waals surface area contributed by atoms with Crippen molar-refractivity contribution in [2.45, 2.75) is 57.8 Å². The lowest BCUT2D eigenvalue weighted by Gasteiger charge is -2.42. The van der Waals surface area contributed by atoms with E-state index < -0.39 is 0 Å². The largest absolute Gasteiger partial charge is 0.380 e. The van der Waals surface area contributed by atoms with E-state index in [0.717, 1.165) is 26.2 Å². The highest BCUT2D eigenvalue weighted by atomic mass is 16.5. The van der Waals surface area contributed by atoms with Crippen LogP contribution in [0.3, 0.4) is 0 Å². The Morgan fingerprint density at radius 1 is 1.00 bits per heavy atom. The van der Waals surface area contributed by atoms with E-state index in [9.17, 15) is 0 Å². The van der Waals surface area contributed by atoms with Crippen molar-refractivity contribution in [3.8, 4) is 0 Å². The minimum Gasteiger partial charge on any atom is -0.380 e. The third-order valence-corrected chi connectivity index (χ3v) is 4.95. The minimum atomic E-state index is 0.299. The number of nitrogens with one attached hydrogen (secondary N) is 1. The van der Waals surface area contributed by atoms with Gasteiger partial charge < -0.3 is 10.1 Å². The van der Waals surface area contributed by atoms with E-state index >= 15 is 0 Å². The van der Waals surface area contributed by atoms with Crippen molar-refractivity contribution >= 4 is 0 Å². The molecule has 0 saturated carbocycles. The molecule has 0 aromatic heterocycles. The number of fused-ring (bicyclic) bond motifs is 1. The molecule has 0 unspecified atom stereocenters. The topological polar surface area (TPSA) is 21.3 Å². The molecule has 2 rings (SSSR count). The van der Waals surface area contributed by atoms with Crippen molar-refractivity contribution in [2.75, 3.05) is 26.8 Å². The van der Waals surface area contributed by atoms with Gasteiger partial charge in [-0.1, -0.05) is 45.9 Å². The molecule has 0 amide bonds. The van der Waals surface area contributed by atoms with Gasteiger partial charge in [0.2, 0.25) is 0 Å². The van der Waals surface area contributed by atoms with Crippen LogP contribution in [-0.4, -0.2) is 26.8 Å². The molecule has 0 saturated heterocycles. The molecule has 0 bridgehead atoms. The molecular weight excluding hydrogens is 258 g/mol. The quantitative estimate of drug-likeness (QED) is 0.804. The SMILES string of the molecule is CNCCOCCc1ccc2c(c1)C(C)(C)CCC2(C)C. The number of ether oxygens (including phenoxy) is 1. The Morgan fingerprint density at radius 3 is 2.33 bits per heavy atom. The molecular formula is C19H31NO. The van der Waals surface area contributed by atoms with Crippen LogP contribution in [0, 0.1) is 0 Å². The van der Waals surface area contributed by atoms with E-state index in [1.54, 1.807) is 11.1 Å². The molecule has 0 radical (unpaired) electrons. The summed E-state index contributed by atoms with van der Waals surface area (Å²) in [5.74, 6) is 0. The lowest BCUT2D eigenvalue weighted by atomic mass is 9.63. The highest BCUT2D eigenvalue weighted by molar-refractivity contribution is 5.43. The van der Waals surface area contributed by atoms with E-state index in [-0.39, 0.29) is 0 Å². The van der Waals surface area contributed by atoms with E-state index in [0.29, 0.717) is 10.8 Å². The fourth-order valence-electron chi connectivity index (χ4n) is 3.26. The Bertz CT molecular complexity index is 476. The Labute approximate surface area is 130 Å². The average Bonchev–Trinajstić information content (AvgIpc) is 2.44. The highest BCUT2D eigenvalue weighted by Crippen LogP contribution is 2.45. The molecule has 0 aliphatic heterocycles. The average molecular weight is 289 g/mol. The van der Waals surface area contributed by atoms with Crippen molar-refractivity contribution in [2.24, 2.45) is 0 Å². The first-order valence-corrected chi connectivity index (χ1v) is 8.23. The zero-order valence-corrected chi connectivity index (χ0v) is 14.4. The molecule has 0 fully saturated rings. The summed E-state index contributed by atoms with van der Waals surface area (Å²) < 4.78 is 5.65. The molecule has 1 aromatic carbocycles. The van der Waals surface area contributed by atoms with Crippen molar-refractivity contribution < 1.29 is 4.74 Å². The van der Waals surface area contributed by atoms with E-state index in [4.69, 9.17) is 4.74 Å². The smallest absolute Gasteiger partial charge is 0.0590 e. The first-order chi connectivity index (χ1) is 9.87. The molecule has 2 heteroatoms. The van der Waals surface area contributed by atoms with Crippen LogP contribution in [0.1, 0.15) is 57.2 Å². The van der Waals surface area contributed by atoms with Gasteiger partial charge in [0.25, 0.3) is 0 Å². The first-order valence-electron chi connectivity index (χ1n) is 8.23. The second kappa shape index (κ2) is 6.50. The van der Waals surface area contributed by atoms with Gasteiger partial charge in [-0.3, -0.25) is 0 Å². The number of hydrogen-bond acceptors (Lipinski definition) is 2. The molecule has 0 atom stereocenters. The van der Waals surface area contributed by atoms with Crippen molar-refractivity contribution in [3.05, 3.63) is 34.9 Å². The maximum absolute atomic E-state index is 5.65. The van der Waals surface area contributed by atoms with E-state index in [1.807, 2.05) is 7.05 Å². The molecule has 2 nitrogen and oxygen atoms in total. The van der Waals surface area contributed by atoms with Crippen molar-refractivity contribution in [1.29, 1.82) is 0 Å². The summed E-state index contributed by atoms with van der Waals surface area (Å²) >= 11 is 0. The zero-order chi connectivity index (χ0) is 15.5. The third-order valence-electron chi connectivity index (χ3n) is 4.95. The maximum Gasteiger partial charge on any atom is 0.0590 e. The van der Waals surface area contributed by atoms with Crippen LogP contribution in [0.2, 0.25) is 0 Å². The summed E-state index contributed by atoms with van der Waals surface area (Å²) in [7, 11) is 1.96. The Kier molecular flexibility index (Phi) is 5.11. The van der Waals surface area contributed by atoms with Crippen molar-refractivity contribution in [1.82, 2.24) is 5.32 Å². The Morgan fingerprint density at radius 2 is 1.67 bits per heavy atom. The first kappa shape index (κ1) is 16.5. The summed E-state index contributed by atoms with van der Waals surface area (Å²) in [4.78, 5) is 0. The maximum atomic E-state index is 5.65. The van der Waals surface area contributed by atoms with Gasteiger partial charge in [0.15, 0.2) is 0 Å². The fraction of sp³-hybridized carbons (Fsp3) is 0.684. The molecule has 1 aliphatic carbocycles. The zero-order valence-electron chi connectivity index (χ0n) is 14.4. The van der Waals surface area contributed by atoms with Crippen LogP contribution < -0.4 is 5.32 Å². The number of benzene rings is 1. The molecule has 0 heterocycles. The molecule has 21 heavy (non-hydrogen) atoms. The lowest BCUT2D eigenvalue weighted by Crippen LogP contribution is -2.33. The van der Waals surface area contributed by atoms with Gasteiger partial charge in [-0.05, 0) is 53.8 Å². The third kappa shape index (κ3) is 3.87. The summed E-state index contributed by atoms with van der Waals surface area (Å²) in [6, 6.07) is 7.08. The highest BCUT2D eigenvalue weighted by Gasteiger charge is 2.36. The van der Waals surface area contributed by atoms with Gasteiger partial charge in [-0.2, -0.15) is 0 Å². The van der Waals surface area contributed by atoms with Crippen LogP contribution >= 0.6 is 0 Å². The normalized spacial score (nSPS) is 19.3. The molecule has 118 valence electrons. The number of likely N-dealkylation sites (N-methyl/N-ethyl adjacent to an activating group) is 1. The van der Waals surface area contributed by atoms with Crippen LogP contribution in [0.4, 0.5) is 0 Å². The summed E-state index contributed by atoms with van der Waals surface area (Å²) in [5.41, 5.74) is 5.11. The second-order valence-electron chi connectivity index (χ2n) is 7.61. The number of rotatable bonds is 6. The van der Waals surface area contributed by atoms with Crippen LogP contribution in [0.5, 0.6) is 0 Å². The Balaban J connectivity index is 2.10.